The van der Waals surface area contributed by atoms with Crippen LogP contribution in [-0.4, -0.2) is 36.9 Å². The molecule has 3 rings (SSSR count). The van der Waals surface area contributed by atoms with Crippen molar-refractivity contribution in [3.05, 3.63) is 65.5 Å². The highest BCUT2D eigenvalue weighted by atomic mass is 19.1. The average molecular weight is 370 g/mol. The highest BCUT2D eigenvalue weighted by molar-refractivity contribution is 5.94. The number of ether oxygens (including phenoxy) is 1. The monoisotopic (exact) mass is 370 g/mol. The van der Waals surface area contributed by atoms with Gasteiger partial charge in [-0.05, 0) is 37.1 Å². The Kier molecular flexibility index (Phi) is 6.06. The van der Waals surface area contributed by atoms with Crippen molar-refractivity contribution >= 4 is 11.8 Å². The molecular formula is C21H23FN2O3. The fraction of sp³-hybridized carbons (Fsp3) is 0.333. The Morgan fingerprint density at radius 1 is 1.15 bits per heavy atom. The normalized spacial score (nSPS) is 14.7. The molecule has 5 nitrogen and oxygen atoms in total. The summed E-state index contributed by atoms with van der Waals surface area (Å²) in [6.07, 6.45) is 1.19. The van der Waals surface area contributed by atoms with Crippen LogP contribution in [0.5, 0.6) is 5.75 Å². The average Bonchev–Trinajstić information content (AvgIpc) is 2.71. The molecule has 2 aromatic carbocycles. The highest BCUT2D eigenvalue weighted by Crippen LogP contribution is 2.21. The van der Waals surface area contributed by atoms with Crippen molar-refractivity contribution in [3.63, 3.8) is 0 Å². The topological polar surface area (TPSA) is 58.6 Å². The number of methoxy groups -OCH3 is 1. The van der Waals surface area contributed by atoms with Gasteiger partial charge in [0.1, 0.15) is 11.6 Å². The SMILES string of the molecule is COc1ccccc1CNC(=O)C1CCN(C(=O)c2cccc(F)c2)CC1. The fourth-order valence-corrected chi connectivity index (χ4v) is 3.32. The summed E-state index contributed by atoms with van der Waals surface area (Å²) in [6, 6.07) is 13.3. The summed E-state index contributed by atoms with van der Waals surface area (Å²) in [4.78, 5) is 26.6. The Hall–Kier alpha value is -2.89. The molecule has 6 heteroatoms. The molecule has 0 atom stereocenters. The summed E-state index contributed by atoms with van der Waals surface area (Å²) in [7, 11) is 1.60. The van der Waals surface area contributed by atoms with Crippen LogP contribution in [0, 0.1) is 11.7 Å². The minimum atomic E-state index is -0.425. The Bertz CT molecular complexity index is 817. The van der Waals surface area contributed by atoms with Gasteiger partial charge in [0.25, 0.3) is 5.91 Å². The molecule has 0 saturated carbocycles. The Labute approximate surface area is 158 Å². The predicted octanol–water partition coefficient (Wildman–Crippen LogP) is 3.00. The van der Waals surface area contributed by atoms with Crippen LogP contribution in [-0.2, 0) is 11.3 Å². The van der Waals surface area contributed by atoms with Gasteiger partial charge in [0.15, 0.2) is 0 Å². The van der Waals surface area contributed by atoms with Gasteiger partial charge in [-0.2, -0.15) is 0 Å². The number of nitrogens with one attached hydrogen (secondary N) is 1. The number of halogens is 1. The highest BCUT2D eigenvalue weighted by Gasteiger charge is 2.27. The quantitative estimate of drug-likeness (QED) is 0.880. The minimum Gasteiger partial charge on any atom is -0.496 e. The first-order chi connectivity index (χ1) is 13.1. The third-order valence-electron chi connectivity index (χ3n) is 4.87. The standard InChI is InChI=1S/C21H23FN2O3/c1-27-19-8-3-2-5-17(19)14-23-20(25)15-9-11-24(12-10-15)21(26)16-6-4-7-18(22)13-16/h2-8,13,15H,9-12,14H2,1H3,(H,23,25). The van der Waals surface area contributed by atoms with Crippen molar-refractivity contribution in [2.75, 3.05) is 20.2 Å². The zero-order valence-corrected chi connectivity index (χ0v) is 15.3. The number of nitrogens with zero attached hydrogens (tertiary/aromatic N) is 1. The van der Waals surface area contributed by atoms with Crippen LogP contribution >= 0.6 is 0 Å². The molecule has 0 aromatic heterocycles. The summed E-state index contributed by atoms with van der Waals surface area (Å²) in [6.45, 7) is 1.38. The van der Waals surface area contributed by atoms with E-state index in [4.69, 9.17) is 4.74 Å². The van der Waals surface area contributed by atoms with Gasteiger partial charge in [0.2, 0.25) is 5.91 Å². The van der Waals surface area contributed by atoms with Crippen molar-refractivity contribution in [2.45, 2.75) is 19.4 Å². The molecule has 0 spiro atoms. The van der Waals surface area contributed by atoms with Crippen molar-refractivity contribution in [1.82, 2.24) is 10.2 Å². The van der Waals surface area contributed by atoms with E-state index in [-0.39, 0.29) is 17.7 Å². The van der Waals surface area contributed by atoms with Gasteiger partial charge in [0.05, 0.1) is 7.11 Å². The molecular weight excluding hydrogens is 347 g/mol. The van der Waals surface area contributed by atoms with Crippen molar-refractivity contribution in [2.24, 2.45) is 5.92 Å². The zero-order valence-electron chi connectivity index (χ0n) is 15.3. The van der Waals surface area contributed by atoms with Crippen LogP contribution in [0.1, 0.15) is 28.8 Å². The van der Waals surface area contributed by atoms with Crippen molar-refractivity contribution < 1.29 is 18.7 Å². The van der Waals surface area contributed by atoms with Crippen LogP contribution in [0.25, 0.3) is 0 Å². The first kappa shape index (κ1) is 18.9. The number of carbonyl (C=O) groups is 2. The second-order valence-electron chi connectivity index (χ2n) is 6.61. The van der Waals surface area contributed by atoms with E-state index in [9.17, 15) is 14.0 Å². The molecule has 142 valence electrons. The molecule has 1 fully saturated rings. The first-order valence-electron chi connectivity index (χ1n) is 9.03. The van der Waals surface area contributed by atoms with Gasteiger partial charge in [-0.15, -0.1) is 0 Å². The van der Waals surface area contributed by atoms with E-state index < -0.39 is 5.82 Å². The molecule has 2 amide bonds. The van der Waals surface area contributed by atoms with Crippen molar-refractivity contribution in [1.29, 1.82) is 0 Å². The molecule has 1 heterocycles. The van der Waals surface area contributed by atoms with E-state index in [1.165, 1.54) is 18.2 Å². The lowest BCUT2D eigenvalue weighted by molar-refractivity contribution is -0.126. The lowest BCUT2D eigenvalue weighted by Crippen LogP contribution is -2.43. The molecule has 1 N–H and O–H groups in total. The second kappa shape index (κ2) is 8.66. The molecule has 2 aromatic rings. The second-order valence-corrected chi connectivity index (χ2v) is 6.61. The number of amides is 2. The maximum Gasteiger partial charge on any atom is 0.253 e. The molecule has 0 aliphatic carbocycles. The van der Waals surface area contributed by atoms with Crippen LogP contribution < -0.4 is 10.1 Å². The number of hydrogen-bond acceptors (Lipinski definition) is 3. The van der Waals surface area contributed by atoms with E-state index in [0.29, 0.717) is 38.0 Å². The van der Waals surface area contributed by atoms with Crippen LogP contribution in [0.15, 0.2) is 48.5 Å². The van der Waals surface area contributed by atoms with E-state index in [1.54, 1.807) is 18.1 Å². The molecule has 0 unspecified atom stereocenters. The van der Waals surface area contributed by atoms with E-state index in [0.717, 1.165) is 11.3 Å². The van der Waals surface area contributed by atoms with Gasteiger partial charge < -0.3 is 15.0 Å². The number of piperidine rings is 1. The third-order valence-corrected chi connectivity index (χ3v) is 4.87. The first-order valence-corrected chi connectivity index (χ1v) is 9.03. The van der Waals surface area contributed by atoms with E-state index in [1.807, 2.05) is 24.3 Å². The zero-order chi connectivity index (χ0) is 19.2. The fourth-order valence-electron chi connectivity index (χ4n) is 3.32. The van der Waals surface area contributed by atoms with Crippen LogP contribution in [0.2, 0.25) is 0 Å². The molecule has 0 bridgehead atoms. The van der Waals surface area contributed by atoms with Crippen molar-refractivity contribution in [3.8, 4) is 5.75 Å². The Balaban J connectivity index is 1.51. The third kappa shape index (κ3) is 4.64. The number of rotatable bonds is 5. The largest absolute Gasteiger partial charge is 0.496 e. The van der Waals surface area contributed by atoms with Gasteiger partial charge in [-0.1, -0.05) is 24.3 Å². The summed E-state index contributed by atoms with van der Waals surface area (Å²) in [5.41, 5.74) is 1.26. The van der Waals surface area contributed by atoms with Gasteiger partial charge in [-0.3, -0.25) is 9.59 Å². The number of benzene rings is 2. The Morgan fingerprint density at radius 3 is 2.59 bits per heavy atom. The number of likely N-dealkylation sites (tertiary alicyclic amines) is 1. The van der Waals surface area contributed by atoms with Gasteiger partial charge in [-0.25, -0.2) is 4.39 Å². The van der Waals surface area contributed by atoms with Gasteiger partial charge in [0, 0.05) is 36.7 Å². The maximum absolute atomic E-state index is 13.3. The summed E-state index contributed by atoms with van der Waals surface area (Å²) < 4.78 is 18.6. The number of hydrogen-bond donors (Lipinski definition) is 1. The van der Waals surface area contributed by atoms with E-state index >= 15 is 0 Å². The molecule has 1 saturated heterocycles. The lowest BCUT2D eigenvalue weighted by Gasteiger charge is -2.31. The van der Waals surface area contributed by atoms with Gasteiger partial charge >= 0.3 is 0 Å². The molecule has 0 radical (unpaired) electrons. The summed E-state index contributed by atoms with van der Waals surface area (Å²) in [5.74, 6) is -0.0165. The summed E-state index contributed by atoms with van der Waals surface area (Å²) >= 11 is 0. The molecule has 27 heavy (non-hydrogen) atoms. The van der Waals surface area contributed by atoms with Crippen LogP contribution in [0.4, 0.5) is 4.39 Å². The number of carbonyl (C=O) groups excluding carboxylic acids is 2. The minimum absolute atomic E-state index is 0.0150. The number of para-hydroxylation sites is 1. The smallest absolute Gasteiger partial charge is 0.253 e. The Morgan fingerprint density at radius 2 is 1.89 bits per heavy atom. The molecule has 1 aliphatic heterocycles. The van der Waals surface area contributed by atoms with Crippen LogP contribution in [0.3, 0.4) is 0 Å². The predicted molar refractivity (Wildman–Crippen MR) is 99.9 cm³/mol. The maximum atomic E-state index is 13.3. The molecule has 1 aliphatic rings. The van der Waals surface area contributed by atoms with E-state index in [2.05, 4.69) is 5.32 Å². The summed E-state index contributed by atoms with van der Waals surface area (Å²) in [5, 5.41) is 2.95. The lowest BCUT2D eigenvalue weighted by atomic mass is 9.95.